The molecule has 6 nitrogen and oxygen atoms in total. The van der Waals surface area contributed by atoms with E-state index in [0.717, 1.165) is 5.56 Å². The van der Waals surface area contributed by atoms with Crippen LogP contribution in [-0.4, -0.2) is 22.5 Å². The van der Waals surface area contributed by atoms with E-state index in [4.69, 9.17) is 4.74 Å². The Bertz CT molecular complexity index is 901. The molecule has 23 heavy (non-hydrogen) atoms. The first-order valence-corrected chi connectivity index (χ1v) is 6.96. The van der Waals surface area contributed by atoms with Crippen molar-refractivity contribution >= 4 is 16.9 Å². The first-order valence-electron chi connectivity index (χ1n) is 6.96. The average Bonchev–Trinajstić information content (AvgIpc) is 2.90. The van der Waals surface area contributed by atoms with Crippen molar-refractivity contribution in [2.24, 2.45) is 0 Å². The number of ether oxygens (including phenoxy) is 1. The van der Waals surface area contributed by atoms with E-state index in [-0.39, 0.29) is 18.2 Å². The van der Waals surface area contributed by atoms with Gasteiger partial charge in [-0.25, -0.2) is 9.18 Å². The molecule has 118 valence electrons. The molecule has 3 aromatic rings. The molecule has 0 saturated carbocycles. The van der Waals surface area contributed by atoms with Crippen molar-refractivity contribution in [3.8, 4) is 5.75 Å². The van der Waals surface area contributed by atoms with Crippen LogP contribution in [0.2, 0.25) is 0 Å². The van der Waals surface area contributed by atoms with Crippen LogP contribution in [0.4, 0.5) is 4.39 Å². The summed E-state index contributed by atoms with van der Waals surface area (Å²) in [5.41, 5.74) is 1.95. The van der Waals surface area contributed by atoms with Gasteiger partial charge in [-0.3, -0.25) is 4.79 Å². The summed E-state index contributed by atoms with van der Waals surface area (Å²) in [5.74, 6) is -0.444. The van der Waals surface area contributed by atoms with Crippen LogP contribution in [0.25, 0.3) is 11.0 Å². The standard InChI is InChI=1S/C16H14FN3O3/c17-11-2-1-3-12(7-11)23-9-15(21)18-8-10-4-5-13-14(6-10)20-16(22)19-13/h1-7H,8-9H2,(H,18,21)(H2,19,20,22). The largest absolute Gasteiger partial charge is 0.484 e. The zero-order valence-corrected chi connectivity index (χ0v) is 12.1. The molecule has 0 saturated heterocycles. The lowest BCUT2D eigenvalue weighted by molar-refractivity contribution is -0.123. The predicted octanol–water partition coefficient (Wildman–Crippen LogP) is 1.69. The van der Waals surface area contributed by atoms with Gasteiger partial charge >= 0.3 is 5.69 Å². The Morgan fingerprint density at radius 2 is 1.96 bits per heavy atom. The fraction of sp³-hybridized carbons (Fsp3) is 0.125. The van der Waals surface area contributed by atoms with Gasteiger partial charge in [-0.05, 0) is 29.8 Å². The quantitative estimate of drug-likeness (QED) is 0.669. The van der Waals surface area contributed by atoms with Gasteiger partial charge < -0.3 is 20.0 Å². The Morgan fingerprint density at radius 3 is 2.78 bits per heavy atom. The highest BCUT2D eigenvalue weighted by molar-refractivity contribution is 5.78. The van der Waals surface area contributed by atoms with Gasteiger partial charge in [0.15, 0.2) is 6.61 Å². The van der Waals surface area contributed by atoms with Gasteiger partial charge in [-0.15, -0.1) is 0 Å². The number of H-pyrrole nitrogens is 2. The number of carbonyl (C=O) groups excluding carboxylic acids is 1. The normalized spacial score (nSPS) is 10.7. The number of rotatable bonds is 5. The SMILES string of the molecule is O=C(COc1cccc(F)c1)NCc1ccc2[nH]c(=O)[nH]c2c1. The summed E-state index contributed by atoms with van der Waals surface area (Å²) in [6.45, 7) is 0.0984. The van der Waals surface area contributed by atoms with E-state index in [1.165, 1.54) is 18.2 Å². The van der Waals surface area contributed by atoms with Gasteiger partial charge in [-0.1, -0.05) is 12.1 Å². The molecule has 0 fully saturated rings. The number of benzene rings is 2. The third kappa shape index (κ3) is 3.76. The van der Waals surface area contributed by atoms with Crippen molar-refractivity contribution in [1.82, 2.24) is 15.3 Å². The van der Waals surface area contributed by atoms with Crippen LogP contribution >= 0.6 is 0 Å². The Balaban J connectivity index is 1.54. The molecule has 2 aromatic carbocycles. The smallest absolute Gasteiger partial charge is 0.323 e. The maximum Gasteiger partial charge on any atom is 0.323 e. The van der Waals surface area contributed by atoms with Crippen LogP contribution in [0.15, 0.2) is 47.3 Å². The molecule has 0 aliphatic heterocycles. The summed E-state index contributed by atoms with van der Waals surface area (Å²) >= 11 is 0. The molecule has 0 radical (unpaired) electrons. The summed E-state index contributed by atoms with van der Waals surface area (Å²) in [4.78, 5) is 28.2. The molecule has 1 heterocycles. The minimum atomic E-state index is -0.420. The summed E-state index contributed by atoms with van der Waals surface area (Å²) in [6, 6.07) is 10.9. The van der Waals surface area contributed by atoms with Crippen molar-refractivity contribution in [3.63, 3.8) is 0 Å². The van der Waals surface area contributed by atoms with Crippen molar-refractivity contribution in [3.05, 3.63) is 64.3 Å². The molecule has 0 aliphatic carbocycles. The number of amides is 1. The third-order valence-corrected chi connectivity index (χ3v) is 3.24. The molecule has 0 bridgehead atoms. The van der Waals surface area contributed by atoms with E-state index in [1.807, 2.05) is 0 Å². The van der Waals surface area contributed by atoms with Gasteiger partial charge in [0.2, 0.25) is 0 Å². The van der Waals surface area contributed by atoms with Gasteiger partial charge in [0.1, 0.15) is 11.6 Å². The molecule has 1 aromatic heterocycles. The number of carbonyl (C=O) groups is 1. The van der Waals surface area contributed by atoms with Crippen LogP contribution in [0.5, 0.6) is 5.75 Å². The molecular formula is C16H14FN3O3. The topological polar surface area (TPSA) is 87.0 Å². The van der Waals surface area contributed by atoms with E-state index in [9.17, 15) is 14.0 Å². The van der Waals surface area contributed by atoms with Crippen LogP contribution in [0.3, 0.4) is 0 Å². The summed E-state index contributed by atoms with van der Waals surface area (Å²) in [7, 11) is 0. The zero-order chi connectivity index (χ0) is 16.2. The summed E-state index contributed by atoms with van der Waals surface area (Å²) in [6.07, 6.45) is 0. The van der Waals surface area contributed by atoms with Crippen LogP contribution < -0.4 is 15.7 Å². The van der Waals surface area contributed by atoms with Crippen LogP contribution in [-0.2, 0) is 11.3 Å². The molecule has 3 rings (SSSR count). The second-order valence-corrected chi connectivity index (χ2v) is 4.98. The molecule has 3 N–H and O–H groups in total. The van der Waals surface area contributed by atoms with Crippen LogP contribution in [0.1, 0.15) is 5.56 Å². The number of aromatic amines is 2. The number of aromatic nitrogens is 2. The summed E-state index contributed by atoms with van der Waals surface area (Å²) in [5, 5.41) is 2.70. The first kappa shape index (κ1) is 14.8. The van der Waals surface area contributed by atoms with Crippen molar-refractivity contribution in [2.75, 3.05) is 6.61 Å². The predicted molar refractivity (Wildman–Crippen MR) is 82.7 cm³/mol. The number of hydrogen-bond donors (Lipinski definition) is 3. The second kappa shape index (κ2) is 6.35. The highest BCUT2D eigenvalue weighted by Crippen LogP contribution is 2.12. The van der Waals surface area contributed by atoms with Gasteiger partial charge in [0, 0.05) is 12.6 Å². The van der Waals surface area contributed by atoms with E-state index in [0.29, 0.717) is 23.3 Å². The van der Waals surface area contributed by atoms with Crippen molar-refractivity contribution in [1.29, 1.82) is 0 Å². The summed E-state index contributed by atoms with van der Waals surface area (Å²) < 4.78 is 18.2. The first-order chi connectivity index (χ1) is 11.1. The van der Waals surface area contributed by atoms with E-state index in [2.05, 4.69) is 15.3 Å². The minimum Gasteiger partial charge on any atom is -0.484 e. The molecule has 7 heteroatoms. The highest BCUT2D eigenvalue weighted by Gasteiger charge is 2.05. The Labute approximate surface area is 130 Å². The van der Waals surface area contributed by atoms with E-state index < -0.39 is 5.82 Å². The number of fused-ring (bicyclic) bond motifs is 1. The Hall–Kier alpha value is -3.09. The second-order valence-electron chi connectivity index (χ2n) is 4.98. The van der Waals surface area contributed by atoms with E-state index >= 15 is 0 Å². The average molecular weight is 315 g/mol. The highest BCUT2D eigenvalue weighted by atomic mass is 19.1. The molecule has 0 atom stereocenters. The van der Waals surface area contributed by atoms with E-state index in [1.54, 1.807) is 24.3 Å². The number of hydrogen-bond acceptors (Lipinski definition) is 3. The monoisotopic (exact) mass is 315 g/mol. The van der Waals surface area contributed by atoms with Crippen LogP contribution in [0, 0.1) is 5.82 Å². The maximum atomic E-state index is 13.0. The lowest BCUT2D eigenvalue weighted by Crippen LogP contribution is -2.28. The fourth-order valence-electron chi connectivity index (χ4n) is 2.15. The number of nitrogens with one attached hydrogen (secondary N) is 3. The lowest BCUT2D eigenvalue weighted by atomic mass is 10.2. The molecule has 0 spiro atoms. The van der Waals surface area contributed by atoms with Gasteiger partial charge in [0.05, 0.1) is 11.0 Å². The number of halogens is 1. The number of imidazole rings is 1. The maximum absolute atomic E-state index is 13.0. The lowest BCUT2D eigenvalue weighted by Gasteiger charge is -2.07. The van der Waals surface area contributed by atoms with Gasteiger partial charge in [-0.2, -0.15) is 0 Å². The Kier molecular flexibility index (Phi) is 4.09. The third-order valence-electron chi connectivity index (χ3n) is 3.24. The molecule has 1 amide bonds. The zero-order valence-electron chi connectivity index (χ0n) is 12.1. The van der Waals surface area contributed by atoms with Crippen molar-refractivity contribution < 1.29 is 13.9 Å². The molecule has 0 aliphatic rings. The molecule has 0 unspecified atom stereocenters. The molecular weight excluding hydrogens is 301 g/mol. The Morgan fingerprint density at radius 1 is 1.13 bits per heavy atom. The van der Waals surface area contributed by atoms with Crippen molar-refractivity contribution in [2.45, 2.75) is 6.54 Å². The fourth-order valence-corrected chi connectivity index (χ4v) is 2.15. The minimum absolute atomic E-state index is 0.202. The van der Waals surface area contributed by atoms with Gasteiger partial charge in [0.25, 0.3) is 5.91 Å².